The second-order valence-corrected chi connectivity index (χ2v) is 7.56. The van der Waals surface area contributed by atoms with E-state index >= 15 is 0 Å². The summed E-state index contributed by atoms with van der Waals surface area (Å²) in [7, 11) is 1.78. The van der Waals surface area contributed by atoms with Crippen molar-refractivity contribution in [1.29, 1.82) is 0 Å². The molecule has 2 aliphatic heterocycles. The van der Waals surface area contributed by atoms with Crippen LogP contribution in [0.5, 0.6) is 0 Å². The molecule has 0 spiro atoms. The minimum absolute atomic E-state index is 0.0795. The molecule has 0 radical (unpaired) electrons. The van der Waals surface area contributed by atoms with Gasteiger partial charge in [0.25, 0.3) is 5.91 Å². The number of aliphatic imine (C=N–C) groups is 1. The topological polar surface area (TPSA) is 75.2 Å². The summed E-state index contributed by atoms with van der Waals surface area (Å²) in [5, 5.41) is 6.24. The number of nitrogens with zero attached hydrogens (tertiary/aromatic N) is 2. The Morgan fingerprint density at radius 3 is 2.63 bits per heavy atom. The quantitative estimate of drug-likeness (QED) is 0.415. The lowest BCUT2D eigenvalue weighted by Gasteiger charge is -2.37. The van der Waals surface area contributed by atoms with E-state index in [-0.39, 0.29) is 18.1 Å². The fourth-order valence-electron chi connectivity index (χ4n) is 3.37. The Balaban J connectivity index is 1.42. The molecule has 2 aliphatic rings. The summed E-state index contributed by atoms with van der Waals surface area (Å²) < 4.78 is 12.6. The van der Waals surface area contributed by atoms with Gasteiger partial charge >= 0.3 is 0 Å². The van der Waals surface area contributed by atoms with Gasteiger partial charge in [-0.3, -0.25) is 9.79 Å². The van der Waals surface area contributed by atoms with Crippen LogP contribution in [0, 0.1) is 0 Å². The van der Waals surface area contributed by atoms with Crippen molar-refractivity contribution in [1.82, 2.24) is 15.5 Å². The van der Waals surface area contributed by atoms with Crippen LogP contribution in [0.2, 0.25) is 0 Å². The molecule has 2 heterocycles. The molecule has 1 aromatic rings. The minimum Gasteiger partial charge on any atom is -0.375 e. The number of ether oxygens (including phenoxy) is 2. The molecule has 1 aromatic carbocycles. The average molecular weight is 439 g/mol. The summed E-state index contributed by atoms with van der Waals surface area (Å²) in [6.45, 7) is 4.20. The van der Waals surface area contributed by atoms with Gasteiger partial charge in [0.1, 0.15) is 6.10 Å². The molecule has 0 aliphatic carbocycles. The van der Waals surface area contributed by atoms with Crippen LogP contribution >= 0.6 is 15.9 Å². The molecule has 148 valence electrons. The van der Waals surface area contributed by atoms with Crippen molar-refractivity contribution in [2.24, 2.45) is 4.99 Å². The molecule has 0 saturated carbocycles. The van der Waals surface area contributed by atoms with Crippen molar-refractivity contribution in [3.63, 3.8) is 0 Å². The number of carbonyl (C=O) groups excluding carboxylic acids is 1. The van der Waals surface area contributed by atoms with Crippen LogP contribution in [-0.2, 0) is 9.47 Å². The third kappa shape index (κ3) is 5.67. The summed E-state index contributed by atoms with van der Waals surface area (Å²) in [5.74, 6) is 0.753. The number of halogens is 1. The second kappa shape index (κ2) is 10.1. The van der Waals surface area contributed by atoms with Crippen LogP contribution < -0.4 is 10.6 Å². The number of rotatable bonds is 5. The van der Waals surface area contributed by atoms with Crippen LogP contribution in [-0.4, -0.2) is 75.4 Å². The third-order valence-corrected chi connectivity index (χ3v) is 5.31. The first-order valence-corrected chi connectivity index (χ1v) is 10.2. The molecule has 1 amide bonds. The maximum atomic E-state index is 12.1. The van der Waals surface area contributed by atoms with Gasteiger partial charge in [-0.05, 0) is 37.1 Å². The predicted molar refractivity (Wildman–Crippen MR) is 108 cm³/mol. The maximum absolute atomic E-state index is 12.1. The minimum atomic E-state index is -0.0795. The molecule has 2 fully saturated rings. The number of morpholine rings is 1. The van der Waals surface area contributed by atoms with Gasteiger partial charge in [-0.2, -0.15) is 0 Å². The zero-order chi connectivity index (χ0) is 19.1. The molecule has 3 rings (SSSR count). The van der Waals surface area contributed by atoms with Gasteiger partial charge in [0.05, 0.1) is 12.7 Å². The van der Waals surface area contributed by atoms with Gasteiger partial charge in [-0.25, -0.2) is 0 Å². The van der Waals surface area contributed by atoms with Gasteiger partial charge < -0.3 is 25.0 Å². The average Bonchev–Trinajstić information content (AvgIpc) is 3.23. The summed E-state index contributed by atoms with van der Waals surface area (Å²) >= 11 is 3.37. The lowest BCUT2D eigenvalue weighted by atomic mass is 10.1. The molecule has 0 bridgehead atoms. The zero-order valence-corrected chi connectivity index (χ0v) is 17.2. The molecular formula is C19H27BrN4O3. The first-order valence-electron chi connectivity index (χ1n) is 9.40. The molecular weight excluding hydrogens is 412 g/mol. The van der Waals surface area contributed by atoms with Gasteiger partial charge in [-0.15, -0.1) is 0 Å². The Hall–Kier alpha value is -1.64. The van der Waals surface area contributed by atoms with Crippen LogP contribution in [0.15, 0.2) is 33.7 Å². The van der Waals surface area contributed by atoms with Crippen LogP contribution in [0.3, 0.4) is 0 Å². The van der Waals surface area contributed by atoms with E-state index in [1.807, 2.05) is 12.1 Å². The summed E-state index contributed by atoms with van der Waals surface area (Å²) in [6, 6.07) is 7.31. The largest absolute Gasteiger partial charge is 0.375 e. The highest BCUT2D eigenvalue weighted by Crippen LogP contribution is 2.21. The first-order chi connectivity index (χ1) is 13.2. The Bertz CT molecular complexity index is 647. The second-order valence-electron chi connectivity index (χ2n) is 6.64. The Morgan fingerprint density at radius 1 is 1.19 bits per heavy atom. The van der Waals surface area contributed by atoms with E-state index in [0.29, 0.717) is 25.3 Å². The number of amides is 1. The van der Waals surface area contributed by atoms with Crippen molar-refractivity contribution in [3.8, 4) is 0 Å². The Labute approximate surface area is 168 Å². The number of carbonyl (C=O) groups is 1. The highest BCUT2D eigenvalue weighted by molar-refractivity contribution is 9.10. The van der Waals surface area contributed by atoms with E-state index in [9.17, 15) is 4.79 Å². The Kier molecular flexibility index (Phi) is 7.49. The summed E-state index contributed by atoms with van der Waals surface area (Å²) in [5.41, 5.74) is 0.648. The van der Waals surface area contributed by atoms with Crippen molar-refractivity contribution in [2.45, 2.75) is 25.0 Å². The van der Waals surface area contributed by atoms with Crippen molar-refractivity contribution >= 4 is 27.8 Å². The van der Waals surface area contributed by atoms with Gasteiger partial charge in [0.15, 0.2) is 5.96 Å². The number of guanidine groups is 1. The number of nitrogens with one attached hydrogen (secondary N) is 2. The molecule has 0 aromatic heterocycles. The van der Waals surface area contributed by atoms with Crippen molar-refractivity contribution < 1.29 is 14.3 Å². The predicted octanol–water partition coefficient (Wildman–Crippen LogP) is 1.63. The number of hydrogen-bond acceptors (Lipinski definition) is 4. The van der Waals surface area contributed by atoms with Crippen LogP contribution in [0.4, 0.5) is 0 Å². The highest BCUT2D eigenvalue weighted by atomic mass is 79.9. The van der Waals surface area contributed by atoms with Crippen LogP contribution in [0.1, 0.15) is 23.2 Å². The van der Waals surface area contributed by atoms with Gasteiger partial charge in [-0.1, -0.05) is 15.9 Å². The Morgan fingerprint density at radius 2 is 1.93 bits per heavy atom. The smallest absolute Gasteiger partial charge is 0.251 e. The van der Waals surface area contributed by atoms with Gasteiger partial charge in [0.2, 0.25) is 0 Å². The third-order valence-electron chi connectivity index (χ3n) is 4.78. The molecule has 2 N–H and O–H groups in total. The molecule has 2 saturated heterocycles. The monoisotopic (exact) mass is 438 g/mol. The molecule has 2 atom stereocenters. The van der Waals surface area contributed by atoms with Gasteiger partial charge in [0, 0.05) is 49.9 Å². The molecule has 27 heavy (non-hydrogen) atoms. The van der Waals surface area contributed by atoms with E-state index in [1.165, 1.54) is 0 Å². The molecule has 2 unspecified atom stereocenters. The van der Waals surface area contributed by atoms with Crippen molar-refractivity contribution in [2.75, 3.05) is 46.4 Å². The van der Waals surface area contributed by atoms with E-state index < -0.39 is 0 Å². The highest BCUT2D eigenvalue weighted by Gasteiger charge is 2.32. The maximum Gasteiger partial charge on any atom is 0.251 e. The molecule has 8 heteroatoms. The lowest BCUT2D eigenvalue weighted by molar-refractivity contribution is -0.0816. The van der Waals surface area contributed by atoms with E-state index in [1.54, 1.807) is 19.2 Å². The van der Waals surface area contributed by atoms with E-state index in [0.717, 1.165) is 43.0 Å². The van der Waals surface area contributed by atoms with E-state index in [4.69, 9.17) is 9.47 Å². The standard InChI is InChI=1S/C19H27BrN4O3/c1-21-19(24-10-12-27-17(13-24)16-3-2-11-26-16)23-9-8-22-18(25)14-4-6-15(20)7-5-14/h4-7,16-17H,2-3,8-13H2,1H3,(H,21,23)(H,22,25). The van der Waals surface area contributed by atoms with Crippen molar-refractivity contribution in [3.05, 3.63) is 34.3 Å². The number of benzene rings is 1. The first kappa shape index (κ1) is 20.1. The normalized spacial score (nSPS) is 23.3. The fraction of sp³-hybridized carbons (Fsp3) is 0.579. The van der Waals surface area contributed by atoms with Crippen LogP contribution in [0.25, 0.3) is 0 Å². The SMILES string of the molecule is CN=C(NCCNC(=O)c1ccc(Br)cc1)N1CCOC(C2CCCO2)C1. The summed E-state index contributed by atoms with van der Waals surface area (Å²) in [4.78, 5) is 18.7. The molecule has 7 nitrogen and oxygen atoms in total. The number of hydrogen-bond donors (Lipinski definition) is 2. The van der Waals surface area contributed by atoms with E-state index in [2.05, 4.69) is 36.5 Å². The fourth-order valence-corrected chi connectivity index (χ4v) is 3.64. The summed E-state index contributed by atoms with van der Waals surface area (Å²) in [6.07, 6.45) is 2.45. The lowest BCUT2D eigenvalue weighted by Crippen LogP contribution is -2.54. The zero-order valence-electron chi connectivity index (χ0n) is 15.6.